The summed E-state index contributed by atoms with van der Waals surface area (Å²) in [5, 5.41) is 3.39. The third kappa shape index (κ3) is 4.13. The van der Waals surface area contributed by atoms with Gasteiger partial charge in [-0.15, -0.1) is 0 Å². The first kappa shape index (κ1) is 11.6. The van der Waals surface area contributed by atoms with Gasteiger partial charge in [-0.05, 0) is 17.4 Å². The van der Waals surface area contributed by atoms with Crippen LogP contribution in [0, 0.1) is 0 Å². The Morgan fingerprint density at radius 1 is 1.21 bits per heavy atom. The molecule has 0 fully saturated rings. The Morgan fingerprint density at radius 2 is 1.86 bits per heavy atom. The van der Waals surface area contributed by atoms with Crippen LogP contribution in [0.3, 0.4) is 0 Å². The summed E-state index contributed by atoms with van der Waals surface area (Å²) in [7, 11) is 0. The molecule has 3 N–H and O–H groups in total. The molecule has 0 aliphatic rings. The van der Waals surface area contributed by atoms with E-state index >= 15 is 0 Å². The molecule has 0 saturated heterocycles. The Balaban J connectivity index is 2.29. The van der Waals surface area contributed by atoms with Crippen LogP contribution in [0.25, 0.3) is 0 Å². The van der Waals surface area contributed by atoms with Gasteiger partial charge in [0, 0.05) is 25.4 Å². The van der Waals surface area contributed by atoms with E-state index in [-0.39, 0.29) is 0 Å². The smallest absolute Gasteiger partial charge is 0.0205 e. The van der Waals surface area contributed by atoms with E-state index in [4.69, 9.17) is 5.73 Å². The zero-order valence-electron chi connectivity index (χ0n) is 8.62. The molecule has 0 aliphatic heterocycles. The molecule has 2 nitrogen and oxygen atoms in total. The first-order valence-electron chi connectivity index (χ1n) is 4.84. The third-order valence-corrected chi connectivity index (χ3v) is 2.68. The number of thioether (sulfide) groups is 1. The summed E-state index contributed by atoms with van der Waals surface area (Å²) in [6, 6.07) is 8.44. The van der Waals surface area contributed by atoms with Gasteiger partial charge in [0.25, 0.3) is 0 Å². The zero-order valence-corrected chi connectivity index (χ0v) is 9.44. The maximum atomic E-state index is 5.52. The lowest BCUT2D eigenvalue weighted by atomic mass is 10.1. The van der Waals surface area contributed by atoms with Crippen LogP contribution in [0.2, 0.25) is 0 Å². The Morgan fingerprint density at radius 3 is 2.43 bits per heavy atom. The van der Waals surface area contributed by atoms with E-state index in [1.807, 2.05) is 11.8 Å². The van der Waals surface area contributed by atoms with Gasteiger partial charge in [0.05, 0.1) is 0 Å². The van der Waals surface area contributed by atoms with Gasteiger partial charge in [-0.2, -0.15) is 11.8 Å². The van der Waals surface area contributed by atoms with Crippen molar-refractivity contribution in [2.45, 2.75) is 13.1 Å². The van der Waals surface area contributed by atoms with Crippen molar-refractivity contribution in [2.24, 2.45) is 5.73 Å². The van der Waals surface area contributed by atoms with Crippen LogP contribution in [0.1, 0.15) is 11.1 Å². The molecule has 0 unspecified atom stereocenters. The molecule has 0 heterocycles. The predicted octanol–water partition coefficient (Wildman–Crippen LogP) is 1.60. The molecule has 0 aromatic heterocycles. The van der Waals surface area contributed by atoms with Crippen molar-refractivity contribution in [2.75, 3.05) is 18.6 Å². The van der Waals surface area contributed by atoms with Crippen LogP contribution in [-0.4, -0.2) is 18.6 Å². The molecule has 0 spiro atoms. The van der Waals surface area contributed by atoms with E-state index in [0.29, 0.717) is 6.54 Å². The van der Waals surface area contributed by atoms with Crippen LogP contribution in [0.4, 0.5) is 0 Å². The van der Waals surface area contributed by atoms with Crippen molar-refractivity contribution in [3.63, 3.8) is 0 Å². The highest BCUT2D eigenvalue weighted by molar-refractivity contribution is 7.98. The fraction of sp³-hybridized carbons (Fsp3) is 0.455. The number of nitrogens with one attached hydrogen (secondary N) is 1. The summed E-state index contributed by atoms with van der Waals surface area (Å²) in [6.45, 7) is 2.64. The maximum Gasteiger partial charge on any atom is 0.0205 e. The van der Waals surface area contributed by atoms with Gasteiger partial charge in [-0.3, -0.25) is 0 Å². The van der Waals surface area contributed by atoms with Gasteiger partial charge < -0.3 is 11.1 Å². The van der Waals surface area contributed by atoms with Crippen molar-refractivity contribution in [1.29, 1.82) is 0 Å². The molecule has 1 rings (SSSR count). The second-order valence-electron chi connectivity index (χ2n) is 3.19. The van der Waals surface area contributed by atoms with Crippen molar-refractivity contribution in [1.82, 2.24) is 5.32 Å². The van der Waals surface area contributed by atoms with Crippen LogP contribution in [0.5, 0.6) is 0 Å². The number of nitrogens with two attached hydrogens (primary N) is 1. The van der Waals surface area contributed by atoms with Crippen LogP contribution >= 0.6 is 11.8 Å². The van der Waals surface area contributed by atoms with E-state index in [2.05, 4.69) is 35.8 Å². The number of hydrogen-bond donors (Lipinski definition) is 2. The minimum absolute atomic E-state index is 0.625. The van der Waals surface area contributed by atoms with Crippen molar-refractivity contribution < 1.29 is 0 Å². The predicted molar refractivity (Wildman–Crippen MR) is 64.4 cm³/mol. The van der Waals surface area contributed by atoms with Crippen molar-refractivity contribution in [3.05, 3.63) is 35.4 Å². The topological polar surface area (TPSA) is 38.0 Å². The minimum Gasteiger partial charge on any atom is -0.326 e. The quantitative estimate of drug-likeness (QED) is 0.700. The lowest BCUT2D eigenvalue weighted by Crippen LogP contribution is -2.16. The van der Waals surface area contributed by atoms with Gasteiger partial charge in [-0.25, -0.2) is 0 Å². The molecule has 0 amide bonds. The summed E-state index contributed by atoms with van der Waals surface area (Å²) in [5.74, 6) is 1.17. The highest BCUT2D eigenvalue weighted by atomic mass is 32.2. The molecule has 0 atom stereocenters. The standard InChI is InChI=1S/C11H18N2S/c1-14-7-6-13-9-11-4-2-10(8-12)3-5-11/h2-5,13H,6-9,12H2,1H3. The first-order chi connectivity index (χ1) is 6.86. The average Bonchev–Trinajstić information content (AvgIpc) is 2.25. The van der Waals surface area contributed by atoms with Crippen molar-refractivity contribution >= 4 is 11.8 Å². The molecule has 78 valence electrons. The molecule has 1 aromatic rings. The Kier molecular flexibility index (Phi) is 5.68. The average molecular weight is 210 g/mol. The van der Waals surface area contributed by atoms with E-state index in [1.165, 1.54) is 16.9 Å². The molecule has 0 saturated carbocycles. The SMILES string of the molecule is CSCCNCc1ccc(CN)cc1. The van der Waals surface area contributed by atoms with Crippen LogP contribution < -0.4 is 11.1 Å². The summed E-state index contributed by atoms with van der Waals surface area (Å²) < 4.78 is 0. The number of rotatable bonds is 6. The monoisotopic (exact) mass is 210 g/mol. The third-order valence-electron chi connectivity index (χ3n) is 2.07. The highest BCUT2D eigenvalue weighted by Crippen LogP contribution is 2.03. The number of hydrogen-bond acceptors (Lipinski definition) is 3. The lowest BCUT2D eigenvalue weighted by molar-refractivity contribution is 0.732. The molecular formula is C11H18N2S. The normalized spacial score (nSPS) is 10.4. The Hall–Kier alpha value is -0.510. The van der Waals surface area contributed by atoms with E-state index in [0.717, 1.165) is 13.1 Å². The fourth-order valence-corrected chi connectivity index (χ4v) is 1.55. The molecular weight excluding hydrogens is 192 g/mol. The van der Waals surface area contributed by atoms with E-state index < -0.39 is 0 Å². The van der Waals surface area contributed by atoms with Gasteiger partial charge >= 0.3 is 0 Å². The van der Waals surface area contributed by atoms with Gasteiger partial charge in [0.1, 0.15) is 0 Å². The Bertz CT molecular complexity index is 246. The zero-order chi connectivity index (χ0) is 10.2. The highest BCUT2D eigenvalue weighted by Gasteiger charge is 1.92. The molecule has 3 heteroatoms. The largest absolute Gasteiger partial charge is 0.326 e. The Labute approximate surface area is 90.3 Å². The molecule has 0 radical (unpaired) electrons. The van der Waals surface area contributed by atoms with Crippen LogP contribution in [-0.2, 0) is 13.1 Å². The molecule has 0 aliphatic carbocycles. The first-order valence-corrected chi connectivity index (χ1v) is 6.23. The second kappa shape index (κ2) is 6.87. The molecule has 14 heavy (non-hydrogen) atoms. The number of benzene rings is 1. The summed E-state index contributed by atoms with van der Waals surface area (Å²) in [5.41, 5.74) is 8.04. The van der Waals surface area contributed by atoms with Crippen molar-refractivity contribution in [3.8, 4) is 0 Å². The summed E-state index contributed by atoms with van der Waals surface area (Å²) >= 11 is 1.86. The lowest BCUT2D eigenvalue weighted by Gasteiger charge is -2.04. The molecule has 0 bridgehead atoms. The summed E-state index contributed by atoms with van der Waals surface area (Å²) in [6.07, 6.45) is 2.12. The molecule has 1 aromatic carbocycles. The maximum absolute atomic E-state index is 5.52. The fourth-order valence-electron chi connectivity index (χ4n) is 1.20. The van der Waals surface area contributed by atoms with Crippen LogP contribution in [0.15, 0.2) is 24.3 Å². The minimum atomic E-state index is 0.625. The van der Waals surface area contributed by atoms with E-state index in [1.54, 1.807) is 0 Å². The van der Waals surface area contributed by atoms with Gasteiger partial charge in [-0.1, -0.05) is 24.3 Å². The van der Waals surface area contributed by atoms with Gasteiger partial charge in [0.15, 0.2) is 0 Å². The summed E-state index contributed by atoms with van der Waals surface area (Å²) in [4.78, 5) is 0. The second-order valence-corrected chi connectivity index (χ2v) is 4.18. The van der Waals surface area contributed by atoms with E-state index in [9.17, 15) is 0 Å². The van der Waals surface area contributed by atoms with Gasteiger partial charge in [0.2, 0.25) is 0 Å².